The highest BCUT2D eigenvalue weighted by molar-refractivity contribution is 5.97. The fourth-order valence-electron chi connectivity index (χ4n) is 6.98. The van der Waals surface area contributed by atoms with E-state index in [2.05, 4.69) is 42.5 Å². The molecule has 0 radical (unpaired) electrons. The molecule has 0 unspecified atom stereocenters. The van der Waals surface area contributed by atoms with Gasteiger partial charge in [-0.25, -0.2) is 0 Å². The van der Waals surface area contributed by atoms with E-state index in [1.807, 2.05) is 52.3 Å². The molecule has 0 saturated heterocycles. The Balaban J connectivity index is 1.05. The van der Waals surface area contributed by atoms with Crippen molar-refractivity contribution in [1.29, 1.82) is 0 Å². The van der Waals surface area contributed by atoms with E-state index in [1.165, 1.54) is 11.1 Å². The number of hydrogen-bond donors (Lipinski definition) is 4. The zero-order valence-electron chi connectivity index (χ0n) is 29.1. The number of aryl methyl sites for hydroxylation is 1. The van der Waals surface area contributed by atoms with Crippen molar-refractivity contribution in [2.45, 2.75) is 77.0 Å². The fourth-order valence-corrected chi connectivity index (χ4v) is 6.98. The first kappa shape index (κ1) is 35.8. The van der Waals surface area contributed by atoms with Gasteiger partial charge in [0, 0.05) is 42.5 Å². The standard InChI is InChI=1S/C40H46N4O7/c1-25-7-3-12-36(26(25)2)51-16-6-13-37(47)44-24-29-18-34(29)39-33(10-5-11-35(39)44)30-21-42-43(23-30)22-27-8-4-9-28(17-27)40(50)41-15-14-31(45)19-32(46)20-38(48)49/h3-5,7-12,17,21,23,29,31-32,34,45-46H,6,13-16,18-20,22,24H2,1-2H3,(H,41,50)(H,48,49)/t29-,31+,32+,34-/m0/s1. The number of carbonyl (C=O) groups excluding carboxylic acids is 2. The normalized spacial score (nSPS) is 17.2. The average molecular weight is 695 g/mol. The molecule has 0 spiro atoms. The largest absolute Gasteiger partial charge is 0.493 e. The summed E-state index contributed by atoms with van der Waals surface area (Å²) in [6, 6.07) is 19.5. The zero-order valence-corrected chi connectivity index (χ0v) is 29.1. The van der Waals surface area contributed by atoms with Crippen molar-refractivity contribution >= 4 is 23.5 Å². The number of aliphatic carboxylic acids is 1. The van der Waals surface area contributed by atoms with E-state index in [1.54, 1.807) is 12.1 Å². The second-order valence-corrected chi connectivity index (χ2v) is 13.8. The van der Waals surface area contributed by atoms with Gasteiger partial charge in [-0.2, -0.15) is 5.10 Å². The number of carboxylic acid groups (broad SMARTS) is 1. The predicted molar refractivity (Wildman–Crippen MR) is 193 cm³/mol. The first-order chi connectivity index (χ1) is 24.6. The number of benzene rings is 3. The maximum Gasteiger partial charge on any atom is 0.305 e. The molecular weight excluding hydrogens is 648 g/mol. The third-order valence-electron chi connectivity index (χ3n) is 9.93. The van der Waals surface area contributed by atoms with Crippen molar-refractivity contribution in [3.05, 3.63) is 101 Å². The van der Waals surface area contributed by atoms with E-state index >= 15 is 0 Å². The number of rotatable bonds is 16. The molecule has 0 bridgehead atoms. The Bertz CT molecular complexity index is 1890. The summed E-state index contributed by atoms with van der Waals surface area (Å²) >= 11 is 0. The van der Waals surface area contributed by atoms with Crippen LogP contribution in [0.5, 0.6) is 5.75 Å². The van der Waals surface area contributed by atoms with Gasteiger partial charge in [0.25, 0.3) is 5.91 Å². The number of amides is 2. The summed E-state index contributed by atoms with van der Waals surface area (Å²) in [6.45, 7) is 5.99. The second-order valence-electron chi connectivity index (χ2n) is 13.8. The first-order valence-electron chi connectivity index (χ1n) is 17.7. The van der Waals surface area contributed by atoms with Crippen LogP contribution in [-0.4, -0.2) is 74.8 Å². The van der Waals surface area contributed by atoms with Crippen molar-refractivity contribution in [3.8, 4) is 16.9 Å². The number of ether oxygens (including phenoxy) is 1. The van der Waals surface area contributed by atoms with E-state index in [0.29, 0.717) is 43.4 Å². The molecule has 1 aliphatic heterocycles. The topological polar surface area (TPSA) is 154 Å². The molecule has 1 fully saturated rings. The van der Waals surface area contributed by atoms with Crippen molar-refractivity contribution < 1.29 is 34.4 Å². The van der Waals surface area contributed by atoms with E-state index < -0.39 is 24.6 Å². The van der Waals surface area contributed by atoms with Crippen LogP contribution in [0.2, 0.25) is 0 Å². The summed E-state index contributed by atoms with van der Waals surface area (Å²) in [5.41, 5.74) is 7.95. The second kappa shape index (κ2) is 15.9. The van der Waals surface area contributed by atoms with Gasteiger partial charge in [0.2, 0.25) is 5.91 Å². The third-order valence-corrected chi connectivity index (χ3v) is 9.93. The average Bonchev–Trinajstić information content (AvgIpc) is 3.75. The first-order valence-corrected chi connectivity index (χ1v) is 17.7. The number of aliphatic hydroxyl groups is 2. The molecule has 2 aliphatic rings. The molecule has 3 aromatic carbocycles. The third kappa shape index (κ3) is 8.84. The lowest BCUT2D eigenvalue weighted by atomic mass is 9.92. The Morgan fingerprint density at radius 3 is 2.67 bits per heavy atom. The molecule has 1 saturated carbocycles. The van der Waals surface area contributed by atoms with Crippen molar-refractivity contribution in [2.75, 3.05) is 24.6 Å². The number of nitrogens with zero attached hydrogens (tertiary/aromatic N) is 3. The zero-order chi connectivity index (χ0) is 36.1. The van der Waals surface area contributed by atoms with Crippen molar-refractivity contribution in [1.82, 2.24) is 15.1 Å². The van der Waals surface area contributed by atoms with Gasteiger partial charge in [0.05, 0.1) is 38.0 Å². The number of carboxylic acids is 1. The van der Waals surface area contributed by atoms with E-state index in [-0.39, 0.29) is 31.2 Å². The maximum absolute atomic E-state index is 13.5. The predicted octanol–water partition coefficient (Wildman–Crippen LogP) is 5.23. The van der Waals surface area contributed by atoms with Gasteiger partial charge >= 0.3 is 5.97 Å². The Morgan fingerprint density at radius 1 is 1.04 bits per heavy atom. The van der Waals surface area contributed by atoms with Crippen molar-refractivity contribution in [2.24, 2.45) is 5.92 Å². The Morgan fingerprint density at radius 2 is 1.84 bits per heavy atom. The monoisotopic (exact) mass is 694 g/mol. The molecule has 11 nitrogen and oxygen atoms in total. The van der Waals surface area contributed by atoms with Gasteiger partial charge < -0.3 is 30.3 Å². The molecule has 2 heterocycles. The highest BCUT2D eigenvalue weighted by Gasteiger charge is 2.47. The number of carbonyl (C=O) groups is 3. The minimum atomic E-state index is -1.14. The molecule has 6 rings (SSSR count). The van der Waals surface area contributed by atoms with Crippen LogP contribution in [0.4, 0.5) is 5.69 Å². The Hall–Kier alpha value is -5.00. The summed E-state index contributed by atoms with van der Waals surface area (Å²) < 4.78 is 7.85. The molecular formula is C40H46N4O7. The SMILES string of the molecule is Cc1cccc(OCCCC(=O)N2C[C@@H]3C[C@@H]3c3c(-c4cnn(Cc5cccc(C(=O)NCC[C@@H](O)C[C@@H](O)CC(=O)O)c5)c4)cccc32)c1C. The molecule has 51 heavy (non-hydrogen) atoms. The van der Waals surface area contributed by atoms with Crippen LogP contribution >= 0.6 is 0 Å². The molecule has 268 valence electrons. The van der Waals surface area contributed by atoms with Gasteiger partial charge in [-0.05, 0) is 103 Å². The summed E-state index contributed by atoms with van der Waals surface area (Å²) in [4.78, 5) is 39.0. The molecule has 11 heteroatoms. The quantitative estimate of drug-likeness (QED) is 0.116. The molecule has 4 aromatic rings. The number of hydrogen-bond acceptors (Lipinski definition) is 7. The van der Waals surface area contributed by atoms with Crippen LogP contribution in [0.25, 0.3) is 11.1 Å². The summed E-state index contributed by atoms with van der Waals surface area (Å²) in [6.07, 6.45) is 3.61. The maximum atomic E-state index is 13.5. The molecule has 2 amide bonds. The number of aliphatic hydroxyl groups excluding tert-OH is 2. The molecule has 4 atom stereocenters. The van der Waals surface area contributed by atoms with Gasteiger partial charge in [0.1, 0.15) is 5.75 Å². The van der Waals surface area contributed by atoms with Crippen LogP contribution in [0, 0.1) is 19.8 Å². The van der Waals surface area contributed by atoms with E-state index in [0.717, 1.165) is 46.7 Å². The molecule has 1 aromatic heterocycles. The smallest absolute Gasteiger partial charge is 0.305 e. The number of aromatic nitrogens is 2. The summed E-state index contributed by atoms with van der Waals surface area (Å²) in [5, 5.41) is 36.0. The van der Waals surface area contributed by atoms with E-state index in [9.17, 15) is 24.6 Å². The number of fused-ring (bicyclic) bond motifs is 3. The summed E-state index contributed by atoms with van der Waals surface area (Å²) in [5.74, 6) is 0.459. The lowest BCUT2D eigenvalue weighted by Crippen LogP contribution is -2.36. The highest BCUT2D eigenvalue weighted by Crippen LogP contribution is 2.57. The van der Waals surface area contributed by atoms with Gasteiger partial charge in [-0.3, -0.25) is 19.1 Å². The van der Waals surface area contributed by atoms with Crippen LogP contribution in [0.15, 0.2) is 73.1 Å². The minimum absolute atomic E-state index is 0.0715. The van der Waals surface area contributed by atoms with Gasteiger partial charge in [-0.1, -0.05) is 36.4 Å². The highest BCUT2D eigenvalue weighted by atomic mass is 16.5. The molecule has 1 aliphatic carbocycles. The van der Waals surface area contributed by atoms with Crippen LogP contribution < -0.4 is 15.0 Å². The van der Waals surface area contributed by atoms with Crippen molar-refractivity contribution in [3.63, 3.8) is 0 Å². The minimum Gasteiger partial charge on any atom is -0.493 e. The molecule has 4 N–H and O–H groups in total. The van der Waals surface area contributed by atoms with Gasteiger partial charge in [-0.15, -0.1) is 0 Å². The number of nitrogens with one attached hydrogen (secondary N) is 1. The Kier molecular flexibility index (Phi) is 11.2. The van der Waals surface area contributed by atoms with E-state index in [4.69, 9.17) is 9.84 Å². The Labute approximate surface area is 297 Å². The lowest BCUT2D eigenvalue weighted by Gasteiger charge is -2.30. The fraction of sp³-hybridized carbons (Fsp3) is 0.400. The van der Waals surface area contributed by atoms with Crippen LogP contribution in [-0.2, 0) is 16.1 Å². The summed E-state index contributed by atoms with van der Waals surface area (Å²) in [7, 11) is 0. The number of anilines is 1. The van der Waals surface area contributed by atoms with Crippen LogP contribution in [0.3, 0.4) is 0 Å². The van der Waals surface area contributed by atoms with Crippen LogP contribution in [0.1, 0.15) is 77.1 Å². The van der Waals surface area contributed by atoms with Gasteiger partial charge in [0.15, 0.2) is 0 Å². The lowest BCUT2D eigenvalue weighted by molar-refractivity contribution is -0.139.